The first-order chi connectivity index (χ1) is 6.91. The molecule has 15 heavy (non-hydrogen) atoms. The number of carboxylic acid groups (broad SMARTS) is 1. The van der Waals surface area contributed by atoms with Gasteiger partial charge < -0.3 is 15.0 Å². The SMILES string of the molecule is CN(CC(C)(C)CC(=O)O)c1cc[nH]c1. The van der Waals surface area contributed by atoms with E-state index < -0.39 is 5.97 Å². The maximum atomic E-state index is 10.7. The molecule has 4 heteroatoms. The number of carboxylic acids is 1. The molecule has 1 rings (SSSR count). The van der Waals surface area contributed by atoms with E-state index in [0.717, 1.165) is 12.2 Å². The fraction of sp³-hybridized carbons (Fsp3) is 0.545. The predicted molar refractivity (Wildman–Crippen MR) is 60.1 cm³/mol. The number of aliphatic carboxylic acids is 1. The van der Waals surface area contributed by atoms with Crippen LogP contribution in [0.25, 0.3) is 0 Å². The molecule has 4 nitrogen and oxygen atoms in total. The highest BCUT2D eigenvalue weighted by atomic mass is 16.4. The summed E-state index contributed by atoms with van der Waals surface area (Å²) in [6, 6.07) is 1.97. The van der Waals surface area contributed by atoms with Crippen LogP contribution in [0.15, 0.2) is 18.5 Å². The van der Waals surface area contributed by atoms with Gasteiger partial charge in [0.05, 0.1) is 12.1 Å². The van der Waals surface area contributed by atoms with E-state index in [1.807, 2.05) is 39.4 Å². The number of aromatic nitrogens is 1. The third-order valence-electron chi connectivity index (χ3n) is 2.32. The van der Waals surface area contributed by atoms with Gasteiger partial charge in [-0.15, -0.1) is 0 Å². The number of rotatable bonds is 5. The Morgan fingerprint density at radius 1 is 1.60 bits per heavy atom. The van der Waals surface area contributed by atoms with Gasteiger partial charge in [-0.3, -0.25) is 4.79 Å². The lowest BCUT2D eigenvalue weighted by atomic mass is 9.89. The zero-order valence-corrected chi connectivity index (χ0v) is 9.45. The topological polar surface area (TPSA) is 56.3 Å². The molecule has 0 aliphatic rings. The fourth-order valence-corrected chi connectivity index (χ4v) is 1.75. The molecule has 0 unspecified atom stereocenters. The number of anilines is 1. The van der Waals surface area contributed by atoms with Gasteiger partial charge in [-0.1, -0.05) is 13.8 Å². The Balaban J connectivity index is 2.57. The maximum Gasteiger partial charge on any atom is 0.303 e. The third kappa shape index (κ3) is 3.65. The van der Waals surface area contributed by atoms with Gasteiger partial charge in [-0.25, -0.2) is 0 Å². The predicted octanol–water partition coefficient (Wildman–Crippen LogP) is 1.95. The largest absolute Gasteiger partial charge is 0.481 e. The van der Waals surface area contributed by atoms with Gasteiger partial charge in [0, 0.05) is 26.0 Å². The zero-order valence-electron chi connectivity index (χ0n) is 9.45. The number of aromatic amines is 1. The van der Waals surface area contributed by atoms with Crippen molar-refractivity contribution in [3.05, 3.63) is 18.5 Å². The Bertz CT molecular complexity index is 317. The molecule has 1 aromatic rings. The normalized spacial score (nSPS) is 11.4. The van der Waals surface area contributed by atoms with Crippen molar-refractivity contribution >= 4 is 11.7 Å². The minimum absolute atomic E-state index is 0.182. The van der Waals surface area contributed by atoms with Gasteiger partial charge in [0.15, 0.2) is 0 Å². The molecule has 0 fully saturated rings. The van der Waals surface area contributed by atoms with Crippen LogP contribution in [0.3, 0.4) is 0 Å². The second-order valence-corrected chi connectivity index (χ2v) is 4.66. The van der Waals surface area contributed by atoms with Gasteiger partial charge in [-0.05, 0) is 11.5 Å². The van der Waals surface area contributed by atoms with Crippen LogP contribution in [0.5, 0.6) is 0 Å². The van der Waals surface area contributed by atoms with Crippen LogP contribution in [0.4, 0.5) is 5.69 Å². The monoisotopic (exact) mass is 210 g/mol. The van der Waals surface area contributed by atoms with Crippen LogP contribution in [0, 0.1) is 5.41 Å². The molecule has 2 N–H and O–H groups in total. The van der Waals surface area contributed by atoms with Gasteiger partial charge in [0.25, 0.3) is 0 Å². The Morgan fingerprint density at radius 2 is 2.27 bits per heavy atom. The lowest BCUT2D eigenvalue weighted by Crippen LogP contribution is -2.32. The first-order valence-electron chi connectivity index (χ1n) is 4.96. The quantitative estimate of drug-likeness (QED) is 0.781. The highest BCUT2D eigenvalue weighted by Gasteiger charge is 2.23. The second-order valence-electron chi connectivity index (χ2n) is 4.66. The number of hydrogen-bond acceptors (Lipinski definition) is 2. The summed E-state index contributed by atoms with van der Waals surface area (Å²) in [5.41, 5.74) is 0.853. The van der Waals surface area contributed by atoms with Crippen molar-refractivity contribution in [2.24, 2.45) is 5.41 Å². The molecule has 0 aromatic carbocycles. The Labute approximate surface area is 89.9 Å². The summed E-state index contributed by atoms with van der Waals surface area (Å²) in [5, 5.41) is 8.77. The summed E-state index contributed by atoms with van der Waals surface area (Å²) in [6.07, 6.45) is 3.94. The fourth-order valence-electron chi connectivity index (χ4n) is 1.75. The van der Waals surface area contributed by atoms with E-state index in [1.54, 1.807) is 0 Å². The molecule has 0 saturated heterocycles. The minimum Gasteiger partial charge on any atom is -0.481 e. The standard InChI is InChI=1S/C11H18N2O2/c1-11(2,6-10(14)15)8-13(3)9-4-5-12-7-9/h4-5,7,12H,6,8H2,1-3H3,(H,14,15). The van der Waals surface area contributed by atoms with E-state index in [2.05, 4.69) is 9.88 Å². The molecule has 0 aliphatic carbocycles. The molecular formula is C11H18N2O2. The van der Waals surface area contributed by atoms with Gasteiger partial charge >= 0.3 is 5.97 Å². The average molecular weight is 210 g/mol. The smallest absolute Gasteiger partial charge is 0.303 e. The van der Waals surface area contributed by atoms with Crippen molar-refractivity contribution in [1.82, 2.24) is 4.98 Å². The van der Waals surface area contributed by atoms with Crippen LogP contribution in [0.2, 0.25) is 0 Å². The molecular weight excluding hydrogens is 192 g/mol. The van der Waals surface area contributed by atoms with Crippen molar-refractivity contribution in [1.29, 1.82) is 0 Å². The van der Waals surface area contributed by atoms with Crippen LogP contribution in [-0.4, -0.2) is 29.7 Å². The van der Waals surface area contributed by atoms with Crippen molar-refractivity contribution in [3.8, 4) is 0 Å². The number of nitrogens with zero attached hydrogens (tertiary/aromatic N) is 1. The first kappa shape index (κ1) is 11.6. The van der Waals surface area contributed by atoms with Crippen LogP contribution in [-0.2, 0) is 4.79 Å². The van der Waals surface area contributed by atoms with Crippen molar-refractivity contribution in [2.75, 3.05) is 18.5 Å². The van der Waals surface area contributed by atoms with Crippen LogP contribution >= 0.6 is 0 Å². The van der Waals surface area contributed by atoms with E-state index in [9.17, 15) is 4.79 Å². The lowest BCUT2D eigenvalue weighted by molar-refractivity contribution is -0.139. The minimum atomic E-state index is -0.748. The van der Waals surface area contributed by atoms with E-state index in [0.29, 0.717) is 0 Å². The highest BCUT2D eigenvalue weighted by Crippen LogP contribution is 2.24. The molecule has 0 bridgehead atoms. The Hall–Kier alpha value is -1.45. The number of carbonyl (C=O) groups is 1. The van der Waals surface area contributed by atoms with Crippen LogP contribution in [0.1, 0.15) is 20.3 Å². The molecule has 1 aromatic heterocycles. The molecule has 0 spiro atoms. The van der Waals surface area contributed by atoms with E-state index in [-0.39, 0.29) is 11.8 Å². The average Bonchev–Trinajstić information content (AvgIpc) is 2.50. The summed E-state index contributed by atoms with van der Waals surface area (Å²) >= 11 is 0. The lowest BCUT2D eigenvalue weighted by Gasteiger charge is -2.29. The van der Waals surface area contributed by atoms with Crippen LogP contribution < -0.4 is 4.90 Å². The second kappa shape index (κ2) is 4.38. The number of hydrogen-bond donors (Lipinski definition) is 2. The summed E-state index contributed by atoms with van der Waals surface area (Å²) in [5.74, 6) is -0.748. The first-order valence-corrected chi connectivity index (χ1v) is 4.96. The summed E-state index contributed by atoms with van der Waals surface area (Å²) in [6.45, 7) is 4.64. The zero-order chi connectivity index (χ0) is 11.5. The van der Waals surface area contributed by atoms with Gasteiger partial charge in [0.1, 0.15) is 0 Å². The Morgan fingerprint density at radius 3 is 2.73 bits per heavy atom. The number of nitrogens with one attached hydrogen (secondary N) is 1. The van der Waals surface area contributed by atoms with Gasteiger partial charge in [0.2, 0.25) is 0 Å². The van der Waals surface area contributed by atoms with Crippen molar-refractivity contribution < 1.29 is 9.90 Å². The van der Waals surface area contributed by atoms with Gasteiger partial charge in [-0.2, -0.15) is 0 Å². The van der Waals surface area contributed by atoms with E-state index >= 15 is 0 Å². The summed E-state index contributed by atoms with van der Waals surface area (Å²) in [7, 11) is 1.97. The summed E-state index contributed by atoms with van der Waals surface area (Å²) in [4.78, 5) is 15.7. The van der Waals surface area contributed by atoms with Crippen molar-refractivity contribution in [3.63, 3.8) is 0 Å². The van der Waals surface area contributed by atoms with Crippen molar-refractivity contribution in [2.45, 2.75) is 20.3 Å². The number of H-pyrrole nitrogens is 1. The molecule has 0 saturated carbocycles. The van der Waals surface area contributed by atoms with E-state index in [4.69, 9.17) is 5.11 Å². The maximum absolute atomic E-state index is 10.7. The molecule has 0 amide bonds. The summed E-state index contributed by atoms with van der Waals surface area (Å²) < 4.78 is 0. The van der Waals surface area contributed by atoms with E-state index in [1.165, 1.54) is 0 Å². The highest BCUT2D eigenvalue weighted by molar-refractivity contribution is 5.67. The molecule has 84 valence electrons. The molecule has 1 heterocycles. The Kier molecular flexibility index (Phi) is 3.39. The molecule has 0 atom stereocenters. The molecule has 0 radical (unpaired) electrons. The molecule has 0 aliphatic heterocycles. The third-order valence-corrected chi connectivity index (χ3v) is 2.32.